The summed E-state index contributed by atoms with van der Waals surface area (Å²) in [7, 11) is 0. The Morgan fingerprint density at radius 1 is 1.21 bits per heavy atom. The topological polar surface area (TPSA) is 85.3 Å². The summed E-state index contributed by atoms with van der Waals surface area (Å²) >= 11 is 0. The molecular formula is C17H24IN5O. The number of nitrogens with one attached hydrogen (secondary N) is 1. The Hall–Kier alpha value is -1.90. The molecule has 0 saturated carbocycles. The van der Waals surface area contributed by atoms with Crippen LogP contribution >= 0.6 is 24.0 Å². The van der Waals surface area contributed by atoms with Crippen LogP contribution in [-0.2, 0) is 13.0 Å². The molecule has 130 valence electrons. The Balaban J connectivity index is 0.00000288. The van der Waals surface area contributed by atoms with E-state index in [0.717, 1.165) is 25.0 Å². The Labute approximate surface area is 159 Å². The summed E-state index contributed by atoms with van der Waals surface area (Å²) in [6, 6.07) is 11.0. The zero-order valence-corrected chi connectivity index (χ0v) is 15.9. The van der Waals surface area contributed by atoms with Crippen LogP contribution in [0, 0.1) is 0 Å². The van der Waals surface area contributed by atoms with Crippen molar-refractivity contribution >= 4 is 29.9 Å². The van der Waals surface area contributed by atoms with Gasteiger partial charge in [-0.2, -0.15) is 0 Å². The van der Waals surface area contributed by atoms with Crippen LogP contribution in [0.3, 0.4) is 0 Å². The summed E-state index contributed by atoms with van der Waals surface area (Å²) in [6.07, 6.45) is 6.19. The summed E-state index contributed by atoms with van der Waals surface area (Å²) in [4.78, 5) is 20.1. The molecule has 3 N–H and O–H groups in total. The minimum atomic E-state index is 0. The molecule has 0 fully saturated rings. The van der Waals surface area contributed by atoms with Crippen LogP contribution in [0.5, 0.6) is 0 Å². The van der Waals surface area contributed by atoms with Crippen molar-refractivity contribution in [1.29, 1.82) is 0 Å². The highest BCUT2D eigenvalue weighted by Crippen LogP contribution is 1.94. The van der Waals surface area contributed by atoms with E-state index in [1.54, 1.807) is 29.1 Å². The fraction of sp³-hybridized carbons (Fsp3) is 0.353. The van der Waals surface area contributed by atoms with E-state index in [9.17, 15) is 4.79 Å². The number of aromatic nitrogens is 2. The van der Waals surface area contributed by atoms with Crippen LogP contribution < -0.4 is 16.6 Å². The molecule has 0 saturated heterocycles. The van der Waals surface area contributed by atoms with Gasteiger partial charge in [0, 0.05) is 50.2 Å². The maximum Gasteiger partial charge on any atom is 0.250 e. The van der Waals surface area contributed by atoms with Gasteiger partial charge in [-0.15, -0.1) is 24.0 Å². The minimum absolute atomic E-state index is 0. The lowest BCUT2D eigenvalue weighted by molar-refractivity contribution is 0.598. The zero-order valence-electron chi connectivity index (χ0n) is 13.6. The molecule has 6 nitrogen and oxygen atoms in total. The monoisotopic (exact) mass is 441 g/mol. The molecule has 2 heterocycles. The van der Waals surface area contributed by atoms with Gasteiger partial charge < -0.3 is 15.6 Å². The van der Waals surface area contributed by atoms with Gasteiger partial charge in [0.25, 0.3) is 0 Å². The number of unbranched alkanes of at least 4 members (excludes halogenated alkanes) is 1. The normalized spacial score (nSPS) is 10.9. The van der Waals surface area contributed by atoms with Gasteiger partial charge in [0.05, 0.1) is 0 Å². The van der Waals surface area contributed by atoms with Crippen LogP contribution in [0.25, 0.3) is 0 Å². The third kappa shape index (κ3) is 7.58. The number of nitrogens with two attached hydrogens (primary N) is 1. The SMILES string of the molecule is I.NC(=NCCCCn1ccccc1=O)NCCc1ccccn1. The number of nitrogens with zero attached hydrogens (tertiary/aromatic N) is 3. The van der Waals surface area contributed by atoms with E-state index in [4.69, 9.17) is 5.73 Å². The molecule has 0 unspecified atom stereocenters. The number of guanidine groups is 1. The van der Waals surface area contributed by atoms with E-state index < -0.39 is 0 Å². The van der Waals surface area contributed by atoms with Crippen LogP contribution in [-0.4, -0.2) is 28.6 Å². The first-order valence-electron chi connectivity index (χ1n) is 7.85. The van der Waals surface area contributed by atoms with Gasteiger partial charge in [-0.05, 0) is 31.0 Å². The summed E-state index contributed by atoms with van der Waals surface area (Å²) in [5.41, 5.74) is 6.88. The van der Waals surface area contributed by atoms with Crippen LogP contribution in [0.15, 0.2) is 58.6 Å². The predicted molar refractivity (Wildman–Crippen MR) is 108 cm³/mol. The van der Waals surface area contributed by atoms with Crippen LogP contribution in [0.1, 0.15) is 18.5 Å². The quantitative estimate of drug-likeness (QED) is 0.283. The Bertz CT molecular complexity index is 672. The maximum absolute atomic E-state index is 11.5. The van der Waals surface area contributed by atoms with Crippen molar-refractivity contribution in [3.63, 3.8) is 0 Å². The molecule has 2 rings (SSSR count). The van der Waals surface area contributed by atoms with E-state index in [-0.39, 0.29) is 29.5 Å². The van der Waals surface area contributed by atoms with Gasteiger partial charge in [0.1, 0.15) is 0 Å². The number of halogens is 1. The second-order valence-electron chi connectivity index (χ2n) is 5.20. The molecule has 24 heavy (non-hydrogen) atoms. The first kappa shape index (κ1) is 20.1. The molecule has 0 atom stereocenters. The molecule has 0 aliphatic heterocycles. The van der Waals surface area contributed by atoms with Crippen molar-refractivity contribution in [2.24, 2.45) is 10.7 Å². The fourth-order valence-corrected chi connectivity index (χ4v) is 2.16. The van der Waals surface area contributed by atoms with Crippen molar-refractivity contribution in [3.05, 3.63) is 64.8 Å². The number of hydrogen-bond acceptors (Lipinski definition) is 3. The van der Waals surface area contributed by atoms with Gasteiger partial charge in [0.2, 0.25) is 5.56 Å². The molecule has 2 aromatic rings. The molecule has 0 amide bonds. The first-order valence-corrected chi connectivity index (χ1v) is 7.85. The summed E-state index contributed by atoms with van der Waals surface area (Å²) in [5.74, 6) is 0.456. The van der Waals surface area contributed by atoms with Gasteiger partial charge in [0.15, 0.2) is 5.96 Å². The third-order valence-electron chi connectivity index (χ3n) is 3.40. The zero-order chi connectivity index (χ0) is 16.3. The smallest absolute Gasteiger partial charge is 0.250 e. The first-order chi connectivity index (χ1) is 11.3. The number of aryl methyl sites for hydroxylation is 1. The highest BCUT2D eigenvalue weighted by molar-refractivity contribution is 14.0. The van der Waals surface area contributed by atoms with Crippen molar-refractivity contribution in [2.75, 3.05) is 13.1 Å². The second-order valence-corrected chi connectivity index (χ2v) is 5.20. The van der Waals surface area contributed by atoms with Gasteiger partial charge in [-0.1, -0.05) is 12.1 Å². The Kier molecular flexibility index (Phi) is 9.74. The largest absolute Gasteiger partial charge is 0.370 e. The Morgan fingerprint density at radius 2 is 2.04 bits per heavy atom. The molecule has 0 aromatic carbocycles. The lowest BCUT2D eigenvalue weighted by atomic mass is 10.3. The average molecular weight is 441 g/mol. The van der Waals surface area contributed by atoms with Crippen LogP contribution in [0.4, 0.5) is 0 Å². The Morgan fingerprint density at radius 3 is 2.79 bits per heavy atom. The van der Waals surface area contributed by atoms with Crippen molar-refractivity contribution < 1.29 is 0 Å². The molecule has 7 heteroatoms. The standard InChI is InChI=1S/C17H23N5O.HI/c18-17(21-12-9-15-7-1-3-10-19-15)20-11-4-6-14-22-13-5-2-8-16(22)23;/h1-3,5,7-8,10,13H,4,6,9,11-12,14H2,(H3,18,20,21);1H. The lowest BCUT2D eigenvalue weighted by Crippen LogP contribution is -2.33. The fourth-order valence-electron chi connectivity index (χ4n) is 2.16. The van der Waals surface area contributed by atoms with E-state index in [1.807, 2.05) is 24.3 Å². The molecule has 0 aliphatic carbocycles. The molecule has 2 aromatic heterocycles. The molecule has 0 aliphatic rings. The van der Waals surface area contributed by atoms with Crippen molar-refractivity contribution in [3.8, 4) is 0 Å². The molecule has 0 radical (unpaired) electrons. The number of aliphatic imine (C=N–C) groups is 1. The van der Waals surface area contributed by atoms with Gasteiger partial charge >= 0.3 is 0 Å². The summed E-state index contributed by atoms with van der Waals surface area (Å²) in [6.45, 7) is 2.08. The molecule has 0 spiro atoms. The van der Waals surface area contributed by atoms with E-state index >= 15 is 0 Å². The second kappa shape index (κ2) is 11.6. The van der Waals surface area contributed by atoms with Crippen LogP contribution in [0.2, 0.25) is 0 Å². The van der Waals surface area contributed by atoms with Crippen molar-refractivity contribution in [1.82, 2.24) is 14.9 Å². The van der Waals surface area contributed by atoms with Gasteiger partial charge in [-0.25, -0.2) is 0 Å². The van der Waals surface area contributed by atoms with Gasteiger partial charge in [-0.3, -0.25) is 14.8 Å². The van der Waals surface area contributed by atoms with E-state index in [2.05, 4.69) is 15.3 Å². The van der Waals surface area contributed by atoms with E-state index in [0.29, 0.717) is 25.6 Å². The number of hydrogen-bond donors (Lipinski definition) is 2. The third-order valence-corrected chi connectivity index (χ3v) is 3.40. The number of rotatable bonds is 8. The summed E-state index contributed by atoms with van der Waals surface area (Å²) < 4.78 is 1.71. The summed E-state index contributed by atoms with van der Waals surface area (Å²) in [5, 5.41) is 3.08. The number of pyridine rings is 2. The highest BCUT2D eigenvalue weighted by Gasteiger charge is 1.96. The van der Waals surface area contributed by atoms with E-state index in [1.165, 1.54) is 0 Å². The minimum Gasteiger partial charge on any atom is -0.370 e. The predicted octanol–water partition coefficient (Wildman–Crippen LogP) is 1.79. The maximum atomic E-state index is 11.5. The molecule has 0 bridgehead atoms. The highest BCUT2D eigenvalue weighted by atomic mass is 127. The lowest BCUT2D eigenvalue weighted by Gasteiger charge is -2.06. The average Bonchev–Trinajstić information content (AvgIpc) is 2.57. The molecular weight excluding hydrogens is 417 g/mol. The van der Waals surface area contributed by atoms with Crippen molar-refractivity contribution in [2.45, 2.75) is 25.8 Å².